The zero-order valence-corrected chi connectivity index (χ0v) is 15.7. The second kappa shape index (κ2) is 8.95. The van der Waals surface area contributed by atoms with Gasteiger partial charge in [-0.3, -0.25) is 4.90 Å². The third-order valence-electron chi connectivity index (χ3n) is 5.80. The molecule has 1 aliphatic heterocycles. The molecule has 0 saturated carbocycles. The van der Waals surface area contributed by atoms with Crippen LogP contribution in [0.4, 0.5) is 8.78 Å². The van der Waals surface area contributed by atoms with Crippen LogP contribution in [0.25, 0.3) is 0 Å². The van der Waals surface area contributed by atoms with Crippen molar-refractivity contribution in [2.24, 2.45) is 5.92 Å². The lowest BCUT2D eigenvalue weighted by molar-refractivity contribution is 0.138. The smallest absolute Gasteiger partial charge is 0.159 e. The van der Waals surface area contributed by atoms with Gasteiger partial charge in [0.25, 0.3) is 0 Å². The minimum atomic E-state index is -0.969. The van der Waals surface area contributed by atoms with Crippen LogP contribution >= 0.6 is 0 Å². The van der Waals surface area contributed by atoms with Gasteiger partial charge in [0.1, 0.15) is 0 Å². The van der Waals surface area contributed by atoms with Crippen LogP contribution < -0.4 is 0 Å². The molecule has 0 bridgehead atoms. The van der Waals surface area contributed by atoms with E-state index in [0.29, 0.717) is 12.0 Å². The van der Waals surface area contributed by atoms with Crippen molar-refractivity contribution in [2.45, 2.75) is 37.6 Å². The van der Waals surface area contributed by atoms with E-state index in [4.69, 9.17) is 5.26 Å². The van der Waals surface area contributed by atoms with E-state index in [9.17, 15) is 14.0 Å². The molecule has 3 nitrogen and oxygen atoms in total. The quantitative estimate of drug-likeness (QED) is 0.714. The van der Waals surface area contributed by atoms with E-state index in [0.717, 1.165) is 44.6 Å². The van der Waals surface area contributed by atoms with E-state index in [2.05, 4.69) is 29.2 Å². The van der Waals surface area contributed by atoms with Gasteiger partial charge in [-0.2, -0.15) is 10.5 Å². The third kappa shape index (κ3) is 4.21. The topological polar surface area (TPSA) is 50.8 Å². The summed E-state index contributed by atoms with van der Waals surface area (Å²) in [5.74, 6) is -1.87. The zero-order valence-electron chi connectivity index (χ0n) is 15.7. The molecule has 5 heteroatoms. The fourth-order valence-corrected chi connectivity index (χ4v) is 4.25. The molecule has 2 aromatic carbocycles. The van der Waals surface area contributed by atoms with Gasteiger partial charge in [-0.05, 0) is 61.5 Å². The van der Waals surface area contributed by atoms with E-state index in [1.54, 1.807) is 0 Å². The molecular formula is C23H23F2N3. The lowest BCUT2D eigenvalue weighted by atomic mass is 9.65. The van der Waals surface area contributed by atoms with E-state index in [1.807, 2.05) is 18.2 Å². The highest BCUT2D eigenvalue weighted by molar-refractivity contribution is 5.35. The van der Waals surface area contributed by atoms with Gasteiger partial charge in [0, 0.05) is 13.0 Å². The van der Waals surface area contributed by atoms with Crippen LogP contribution in [-0.4, -0.2) is 18.0 Å². The monoisotopic (exact) mass is 379 g/mol. The van der Waals surface area contributed by atoms with Crippen LogP contribution in [0, 0.1) is 40.2 Å². The Balaban J connectivity index is 1.79. The molecule has 0 radical (unpaired) electrons. The van der Waals surface area contributed by atoms with Crippen LogP contribution in [-0.2, 0) is 12.0 Å². The number of piperidine rings is 1. The van der Waals surface area contributed by atoms with Crippen LogP contribution in [0.2, 0.25) is 0 Å². The molecule has 1 fully saturated rings. The number of benzene rings is 2. The molecule has 1 heterocycles. The Bertz CT molecular complexity index is 877. The Kier molecular flexibility index (Phi) is 6.39. The maximum Gasteiger partial charge on any atom is 0.159 e. The first-order chi connectivity index (χ1) is 13.6. The first kappa shape index (κ1) is 20.0. The number of nitriles is 2. The summed E-state index contributed by atoms with van der Waals surface area (Å²) in [5.41, 5.74) is 0.756. The van der Waals surface area contributed by atoms with Crippen molar-refractivity contribution >= 4 is 0 Å². The molecule has 144 valence electrons. The van der Waals surface area contributed by atoms with Gasteiger partial charge >= 0.3 is 0 Å². The molecule has 1 unspecified atom stereocenters. The van der Waals surface area contributed by atoms with Gasteiger partial charge in [-0.25, -0.2) is 8.78 Å². The number of hydrogen-bond donors (Lipinski definition) is 0. The fraction of sp³-hybridized carbons (Fsp3) is 0.391. The van der Waals surface area contributed by atoms with Gasteiger partial charge in [0.15, 0.2) is 11.6 Å². The third-order valence-corrected chi connectivity index (χ3v) is 5.80. The van der Waals surface area contributed by atoms with Crippen LogP contribution in [0.1, 0.15) is 36.8 Å². The average Bonchev–Trinajstić information content (AvgIpc) is 2.73. The van der Waals surface area contributed by atoms with E-state index in [1.165, 1.54) is 11.6 Å². The van der Waals surface area contributed by atoms with Crippen molar-refractivity contribution in [3.63, 3.8) is 0 Å². The number of hydrogen-bond acceptors (Lipinski definition) is 3. The van der Waals surface area contributed by atoms with E-state index >= 15 is 0 Å². The van der Waals surface area contributed by atoms with Gasteiger partial charge < -0.3 is 0 Å². The van der Waals surface area contributed by atoms with Crippen LogP contribution in [0.5, 0.6) is 0 Å². The molecule has 0 N–H and O–H groups in total. The highest BCUT2D eigenvalue weighted by Crippen LogP contribution is 2.42. The molecule has 0 amide bonds. The molecule has 0 aliphatic carbocycles. The number of rotatable bonds is 6. The summed E-state index contributed by atoms with van der Waals surface area (Å²) < 4.78 is 27.3. The van der Waals surface area contributed by atoms with Crippen molar-refractivity contribution in [1.29, 1.82) is 10.5 Å². The van der Waals surface area contributed by atoms with Crippen LogP contribution in [0.15, 0.2) is 48.5 Å². The standard InChI is InChI=1S/C23H23F2N3/c24-21-8-7-20(15-22(21)25)23(17-27,11-4-12-26)19-9-13-28(14-10-19)16-18-5-2-1-3-6-18/h1-3,5-8,15,19H,4,9-11,13-14,16H2. The minimum Gasteiger partial charge on any atom is -0.299 e. The Hall–Kier alpha value is -2.76. The predicted octanol–water partition coefficient (Wildman–Crippen LogP) is 4.94. The molecule has 0 spiro atoms. The van der Waals surface area contributed by atoms with Gasteiger partial charge in [-0.1, -0.05) is 36.4 Å². The lowest BCUT2D eigenvalue weighted by Gasteiger charge is -2.41. The number of likely N-dealkylation sites (tertiary alicyclic amines) is 1. The summed E-state index contributed by atoms with van der Waals surface area (Å²) in [6, 6.07) is 18.4. The summed E-state index contributed by atoms with van der Waals surface area (Å²) >= 11 is 0. The molecule has 2 aromatic rings. The van der Waals surface area contributed by atoms with Gasteiger partial charge in [0.05, 0.1) is 17.6 Å². The first-order valence-corrected chi connectivity index (χ1v) is 9.59. The Morgan fingerprint density at radius 1 is 1.00 bits per heavy atom. The first-order valence-electron chi connectivity index (χ1n) is 9.59. The number of nitrogens with zero attached hydrogens (tertiary/aromatic N) is 3. The zero-order chi connectivity index (χ0) is 20.0. The van der Waals surface area contributed by atoms with Crippen molar-refractivity contribution in [2.75, 3.05) is 13.1 Å². The molecule has 3 rings (SSSR count). The summed E-state index contributed by atoms with van der Waals surface area (Å²) in [4.78, 5) is 2.35. The van der Waals surface area contributed by atoms with Crippen molar-refractivity contribution in [1.82, 2.24) is 4.90 Å². The second-order valence-electron chi connectivity index (χ2n) is 7.41. The molecule has 28 heavy (non-hydrogen) atoms. The maximum atomic E-state index is 13.9. The summed E-state index contributed by atoms with van der Waals surface area (Å²) in [6.07, 6.45) is 2.10. The fourth-order valence-electron chi connectivity index (χ4n) is 4.25. The lowest BCUT2D eigenvalue weighted by Crippen LogP contribution is -2.42. The highest BCUT2D eigenvalue weighted by Gasteiger charge is 2.42. The summed E-state index contributed by atoms with van der Waals surface area (Å²) in [6.45, 7) is 2.52. The Morgan fingerprint density at radius 3 is 2.32 bits per heavy atom. The SMILES string of the molecule is N#CCCC(C#N)(c1ccc(F)c(F)c1)C1CCN(Cc2ccccc2)CC1. The van der Waals surface area contributed by atoms with E-state index in [-0.39, 0.29) is 12.3 Å². The molecule has 1 aliphatic rings. The van der Waals surface area contributed by atoms with Gasteiger partial charge in [0.2, 0.25) is 0 Å². The predicted molar refractivity (Wildman–Crippen MR) is 103 cm³/mol. The highest BCUT2D eigenvalue weighted by atomic mass is 19.2. The van der Waals surface area contributed by atoms with Crippen molar-refractivity contribution in [3.05, 3.63) is 71.3 Å². The second-order valence-corrected chi connectivity index (χ2v) is 7.41. The summed E-state index contributed by atoms with van der Waals surface area (Å²) in [7, 11) is 0. The Labute approximate surface area is 164 Å². The molecular weight excluding hydrogens is 356 g/mol. The average molecular weight is 379 g/mol. The number of halogens is 2. The Morgan fingerprint density at radius 2 is 1.71 bits per heavy atom. The summed E-state index contributed by atoms with van der Waals surface area (Å²) in [5, 5.41) is 19.2. The molecule has 0 aromatic heterocycles. The minimum absolute atomic E-state index is 0.00253. The molecule has 1 saturated heterocycles. The normalized spacial score (nSPS) is 17.4. The van der Waals surface area contributed by atoms with Crippen molar-refractivity contribution < 1.29 is 8.78 Å². The van der Waals surface area contributed by atoms with Crippen LogP contribution in [0.3, 0.4) is 0 Å². The largest absolute Gasteiger partial charge is 0.299 e. The maximum absolute atomic E-state index is 13.9. The van der Waals surface area contributed by atoms with Gasteiger partial charge in [-0.15, -0.1) is 0 Å². The van der Waals surface area contributed by atoms with E-state index < -0.39 is 17.0 Å². The molecule has 1 atom stereocenters. The van der Waals surface area contributed by atoms with Crippen molar-refractivity contribution in [3.8, 4) is 12.1 Å².